The molecule has 0 unspecified atom stereocenters. The van der Waals surface area contributed by atoms with Crippen LogP contribution in [0.1, 0.15) is 40.9 Å². The number of alkyl halides is 1. The number of hydrogen-bond acceptors (Lipinski definition) is 3. The second-order valence-electron chi connectivity index (χ2n) is 4.64. The number of aromatic nitrogens is 1. The van der Waals surface area contributed by atoms with Gasteiger partial charge in [-0.1, -0.05) is 0 Å². The quantitative estimate of drug-likeness (QED) is 0.576. The lowest BCUT2D eigenvalue weighted by atomic mass is 9.93. The highest BCUT2D eigenvalue weighted by atomic mass is 35.5. The number of H-pyrrole nitrogens is 1. The number of nitrogens with one attached hydrogen (secondary N) is 2. The molecule has 0 saturated heterocycles. The van der Waals surface area contributed by atoms with E-state index in [0.29, 0.717) is 30.8 Å². The predicted octanol–water partition coefficient (Wildman–Crippen LogP) is 1.32. The lowest BCUT2D eigenvalue weighted by molar-refractivity contribution is 0.0949. The fraction of sp³-hybridized carbons (Fsp3) is 0.538. The minimum absolute atomic E-state index is 0.165. The highest BCUT2D eigenvalue weighted by molar-refractivity contribution is 6.17. The number of aromatic amines is 1. The monoisotopic (exact) mass is 284 g/mol. The maximum Gasteiger partial charge on any atom is 0.264 e. The van der Waals surface area contributed by atoms with E-state index in [4.69, 9.17) is 11.6 Å². The Labute approximate surface area is 116 Å². The fourth-order valence-electron chi connectivity index (χ4n) is 2.33. The van der Waals surface area contributed by atoms with Gasteiger partial charge in [0.25, 0.3) is 11.5 Å². The van der Waals surface area contributed by atoms with Crippen LogP contribution in [-0.2, 0) is 12.8 Å². The summed E-state index contributed by atoms with van der Waals surface area (Å²) < 4.78 is 0. The molecule has 0 atom stereocenters. The number of fused-ring (bicyclic) bond motifs is 1. The Morgan fingerprint density at radius 2 is 2.11 bits per heavy atom. The van der Waals surface area contributed by atoms with Gasteiger partial charge in [0.15, 0.2) is 0 Å². The van der Waals surface area contributed by atoms with Crippen LogP contribution in [0.15, 0.2) is 4.79 Å². The molecule has 0 spiro atoms. The molecule has 6 heteroatoms. The van der Waals surface area contributed by atoms with Gasteiger partial charge in [-0.15, -0.1) is 11.6 Å². The third-order valence-electron chi connectivity index (χ3n) is 3.30. The van der Waals surface area contributed by atoms with Crippen molar-refractivity contribution in [2.45, 2.75) is 32.1 Å². The number of hydrogen-bond donors (Lipinski definition) is 3. The Morgan fingerprint density at radius 3 is 2.84 bits per heavy atom. The summed E-state index contributed by atoms with van der Waals surface area (Å²) in [5.74, 6) is -0.272. The molecule has 1 aromatic rings. The fourth-order valence-corrected chi connectivity index (χ4v) is 2.46. The molecule has 3 N–H and O–H groups in total. The zero-order chi connectivity index (χ0) is 13.8. The maximum atomic E-state index is 11.9. The Kier molecular flexibility index (Phi) is 4.47. The third kappa shape index (κ3) is 2.92. The summed E-state index contributed by atoms with van der Waals surface area (Å²) in [7, 11) is 0. The summed E-state index contributed by atoms with van der Waals surface area (Å²) in [6, 6.07) is 0. The van der Waals surface area contributed by atoms with E-state index in [1.807, 2.05) is 0 Å². The lowest BCUT2D eigenvalue weighted by Gasteiger charge is -2.18. The van der Waals surface area contributed by atoms with Crippen LogP contribution in [0.2, 0.25) is 0 Å². The van der Waals surface area contributed by atoms with Crippen molar-refractivity contribution in [3.8, 4) is 5.75 Å². The zero-order valence-corrected chi connectivity index (χ0v) is 11.3. The van der Waals surface area contributed by atoms with Crippen LogP contribution in [0.4, 0.5) is 0 Å². The van der Waals surface area contributed by atoms with E-state index >= 15 is 0 Å². The summed E-state index contributed by atoms with van der Waals surface area (Å²) >= 11 is 5.52. The van der Waals surface area contributed by atoms with Crippen LogP contribution >= 0.6 is 11.6 Å². The number of aromatic hydroxyl groups is 1. The van der Waals surface area contributed by atoms with Crippen molar-refractivity contribution in [2.75, 3.05) is 12.4 Å². The van der Waals surface area contributed by atoms with E-state index < -0.39 is 11.5 Å². The van der Waals surface area contributed by atoms with Crippen LogP contribution in [-0.4, -0.2) is 28.4 Å². The van der Waals surface area contributed by atoms with Crippen LogP contribution in [0, 0.1) is 0 Å². The van der Waals surface area contributed by atoms with E-state index in [9.17, 15) is 14.7 Å². The van der Waals surface area contributed by atoms with Crippen molar-refractivity contribution in [1.82, 2.24) is 10.3 Å². The second kappa shape index (κ2) is 6.10. The predicted molar refractivity (Wildman–Crippen MR) is 73.0 cm³/mol. The number of aryl methyl sites for hydroxylation is 1. The first kappa shape index (κ1) is 13.9. The van der Waals surface area contributed by atoms with E-state index in [1.54, 1.807) is 0 Å². The van der Waals surface area contributed by atoms with Gasteiger partial charge in [0, 0.05) is 23.7 Å². The molecule has 1 amide bonds. The normalized spacial score (nSPS) is 13.9. The van der Waals surface area contributed by atoms with Crippen LogP contribution < -0.4 is 10.9 Å². The molecule has 0 saturated carbocycles. The minimum atomic E-state index is -0.544. The molecule has 0 aliphatic heterocycles. The molecule has 19 heavy (non-hydrogen) atoms. The Hall–Kier alpha value is -1.49. The molecule has 1 aromatic heterocycles. The number of carbonyl (C=O) groups excluding carboxylic acids is 1. The van der Waals surface area contributed by atoms with Crippen molar-refractivity contribution in [1.29, 1.82) is 0 Å². The topological polar surface area (TPSA) is 82.2 Å². The van der Waals surface area contributed by atoms with Crippen LogP contribution in [0.25, 0.3) is 0 Å². The standard InChI is InChI=1S/C13H17ClN2O3/c14-6-3-7-15-12(18)10-11(17)8-4-1-2-5-9(8)16-13(10)19/h1-7H2,(H,15,18)(H2,16,17,19). The highest BCUT2D eigenvalue weighted by Gasteiger charge is 2.23. The number of pyridine rings is 1. The molecule has 0 radical (unpaired) electrons. The van der Waals surface area contributed by atoms with Gasteiger partial charge in [-0.2, -0.15) is 0 Å². The Balaban J connectivity index is 2.30. The number of halogens is 1. The van der Waals surface area contributed by atoms with Gasteiger partial charge in [0.05, 0.1) is 0 Å². The molecular formula is C13H17ClN2O3. The molecule has 1 heterocycles. The molecule has 0 fully saturated rings. The average Bonchev–Trinajstić information content (AvgIpc) is 2.39. The van der Waals surface area contributed by atoms with Crippen molar-refractivity contribution in [3.05, 3.63) is 27.2 Å². The van der Waals surface area contributed by atoms with Crippen LogP contribution in [0.3, 0.4) is 0 Å². The molecule has 5 nitrogen and oxygen atoms in total. The third-order valence-corrected chi connectivity index (χ3v) is 3.57. The molecule has 0 bridgehead atoms. The van der Waals surface area contributed by atoms with Gasteiger partial charge >= 0.3 is 0 Å². The Bertz CT molecular complexity index is 539. The SMILES string of the molecule is O=C(NCCCCl)c1c(O)c2c([nH]c1=O)CCCC2. The summed E-state index contributed by atoms with van der Waals surface area (Å²) in [4.78, 5) is 26.5. The molecular weight excluding hydrogens is 268 g/mol. The maximum absolute atomic E-state index is 11.9. The van der Waals surface area contributed by atoms with E-state index in [0.717, 1.165) is 25.0 Å². The smallest absolute Gasteiger partial charge is 0.264 e. The largest absolute Gasteiger partial charge is 0.507 e. The lowest BCUT2D eigenvalue weighted by Crippen LogP contribution is -2.32. The first-order valence-corrected chi connectivity index (χ1v) is 6.99. The van der Waals surface area contributed by atoms with Gasteiger partial charge in [-0.05, 0) is 32.1 Å². The van der Waals surface area contributed by atoms with E-state index in [-0.39, 0.29) is 11.3 Å². The molecule has 104 valence electrons. The summed E-state index contributed by atoms with van der Waals surface area (Å²) in [6.07, 6.45) is 4.01. The molecule has 1 aliphatic carbocycles. The van der Waals surface area contributed by atoms with Gasteiger partial charge in [-0.3, -0.25) is 9.59 Å². The van der Waals surface area contributed by atoms with E-state index in [2.05, 4.69) is 10.3 Å². The first-order chi connectivity index (χ1) is 9.15. The minimum Gasteiger partial charge on any atom is -0.507 e. The van der Waals surface area contributed by atoms with Crippen LogP contribution in [0.5, 0.6) is 5.75 Å². The Morgan fingerprint density at radius 1 is 1.37 bits per heavy atom. The number of amides is 1. The highest BCUT2D eigenvalue weighted by Crippen LogP contribution is 2.28. The molecule has 2 rings (SSSR count). The molecule has 1 aliphatic rings. The average molecular weight is 285 g/mol. The van der Waals surface area contributed by atoms with E-state index in [1.165, 1.54) is 0 Å². The van der Waals surface area contributed by atoms with Gasteiger partial charge in [0.2, 0.25) is 0 Å². The van der Waals surface area contributed by atoms with Gasteiger partial charge in [-0.25, -0.2) is 0 Å². The summed E-state index contributed by atoms with van der Waals surface area (Å²) in [5, 5.41) is 12.7. The van der Waals surface area contributed by atoms with Crippen molar-refractivity contribution in [3.63, 3.8) is 0 Å². The van der Waals surface area contributed by atoms with Crippen molar-refractivity contribution < 1.29 is 9.90 Å². The van der Waals surface area contributed by atoms with Gasteiger partial charge < -0.3 is 15.4 Å². The second-order valence-corrected chi connectivity index (χ2v) is 5.02. The van der Waals surface area contributed by atoms with Crippen molar-refractivity contribution >= 4 is 17.5 Å². The number of carbonyl (C=O) groups is 1. The first-order valence-electron chi connectivity index (χ1n) is 6.46. The molecule has 0 aromatic carbocycles. The summed E-state index contributed by atoms with van der Waals surface area (Å²) in [5.41, 5.74) is 0.746. The summed E-state index contributed by atoms with van der Waals surface area (Å²) in [6.45, 7) is 0.387. The van der Waals surface area contributed by atoms with Crippen molar-refractivity contribution in [2.24, 2.45) is 0 Å². The number of rotatable bonds is 4. The zero-order valence-electron chi connectivity index (χ0n) is 10.6. The van der Waals surface area contributed by atoms with Gasteiger partial charge in [0.1, 0.15) is 11.3 Å².